The lowest BCUT2D eigenvalue weighted by atomic mass is 9.76. The minimum atomic E-state index is -0.227. The summed E-state index contributed by atoms with van der Waals surface area (Å²) in [4.78, 5) is 3.86. The molecule has 76 valence electrons. The maximum Gasteiger partial charge on any atom is 0.141 e. The first-order valence-corrected chi connectivity index (χ1v) is 5.13. The van der Waals surface area contributed by atoms with Gasteiger partial charge in [0.25, 0.3) is 0 Å². The molecule has 2 nitrogen and oxygen atoms in total. The fourth-order valence-corrected chi connectivity index (χ4v) is 2.00. The summed E-state index contributed by atoms with van der Waals surface area (Å²) in [6.45, 7) is 3.12. The van der Waals surface area contributed by atoms with Crippen LogP contribution in [0.5, 0.6) is 0 Å². The van der Waals surface area contributed by atoms with Gasteiger partial charge in [-0.05, 0) is 36.9 Å². The third kappa shape index (κ3) is 1.93. The fraction of sp³-hybridized carbons (Fsp3) is 0.545. The molecule has 1 N–H and O–H groups in total. The largest absolute Gasteiger partial charge is 0.314 e. The number of nitrogens with one attached hydrogen (secondary N) is 1. The van der Waals surface area contributed by atoms with E-state index in [1.165, 1.54) is 6.20 Å². The van der Waals surface area contributed by atoms with Crippen molar-refractivity contribution in [3.8, 4) is 0 Å². The number of aromatic nitrogens is 1. The number of hydrogen-bond donors (Lipinski definition) is 1. The van der Waals surface area contributed by atoms with Gasteiger partial charge in [0.15, 0.2) is 0 Å². The first-order valence-electron chi connectivity index (χ1n) is 5.13. The summed E-state index contributed by atoms with van der Waals surface area (Å²) in [6, 6.07) is 2.22. The van der Waals surface area contributed by atoms with E-state index in [9.17, 15) is 4.39 Å². The van der Waals surface area contributed by atoms with Crippen LogP contribution in [0.1, 0.15) is 31.2 Å². The maximum absolute atomic E-state index is 12.9. The molecular formula is C11H15FN2. The third-order valence-electron chi connectivity index (χ3n) is 2.83. The lowest BCUT2D eigenvalue weighted by Gasteiger charge is -2.35. The Hall–Kier alpha value is -0.960. The molecule has 0 unspecified atom stereocenters. The Kier molecular flexibility index (Phi) is 2.77. The van der Waals surface area contributed by atoms with Crippen molar-refractivity contribution in [3.63, 3.8) is 0 Å². The van der Waals surface area contributed by atoms with Crippen molar-refractivity contribution >= 4 is 0 Å². The molecular weight excluding hydrogens is 179 g/mol. The predicted octanol–water partition coefficient (Wildman–Crippen LogP) is 2.08. The van der Waals surface area contributed by atoms with Crippen LogP contribution in [0.15, 0.2) is 18.5 Å². The van der Waals surface area contributed by atoms with Gasteiger partial charge in [-0.15, -0.1) is 0 Å². The molecule has 0 atom stereocenters. The first kappa shape index (κ1) is 9.59. The van der Waals surface area contributed by atoms with Gasteiger partial charge >= 0.3 is 0 Å². The second-order valence-corrected chi connectivity index (χ2v) is 3.86. The molecule has 1 aliphatic carbocycles. The Morgan fingerprint density at radius 3 is 2.93 bits per heavy atom. The van der Waals surface area contributed by atoms with Crippen LogP contribution in [0.2, 0.25) is 0 Å². The average Bonchev–Trinajstić information content (AvgIpc) is 2.10. The molecule has 0 radical (unpaired) electrons. The molecule has 1 aromatic heterocycles. The van der Waals surface area contributed by atoms with E-state index in [0.29, 0.717) is 12.0 Å². The van der Waals surface area contributed by atoms with Crippen molar-refractivity contribution in [3.05, 3.63) is 29.8 Å². The van der Waals surface area contributed by atoms with Gasteiger partial charge < -0.3 is 5.32 Å². The van der Waals surface area contributed by atoms with Crippen molar-refractivity contribution in [2.75, 3.05) is 6.54 Å². The molecule has 3 heteroatoms. The number of rotatable bonds is 3. The zero-order valence-corrected chi connectivity index (χ0v) is 8.33. The molecule has 0 bridgehead atoms. The van der Waals surface area contributed by atoms with Gasteiger partial charge in [-0.1, -0.05) is 6.92 Å². The first-order chi connectivity index (χ1) is 6.79. The van der Waals surface area contributed by atoms with Gasteiger partial charge in [0.05, 0.1) is 6.20 Å². The molecule has 0 spiro atoms. The van der Waals surface area contributed by atoms with Crippen LogP contribution in [0, 0.1) is 5.82 Å². The van der Waals surface area contributed by atoms with E-state index in [2.05, 4.69) is 17.2 Å². The number of pyridine rings is 1. The van der Waals surface area contributed by atoms with Gasteiger partial charge in [-0.2, -0.15) is 0 Å². The molecule has 1 fully saturated rings. The van der Waals surface area contributed by atoms with Crippen molar-refractivity contribution in [1.82, 2.24) is 10.3 Å². The Morgan fingerprint density at radius 1 is 1.50 bits per heavy atom. The summed E-state index contributed by atoms with van der Waals surface area (Å²) in [5, 5.41) is 3.38. The summed E-state index contributed by atoms with van der Waals surface area (Å²) in [5.74, 6) is 0.275. The molecule has 1 saturated carbocycles. The van der Waals surface area contributed by atoms with Crippen LogP contribution in [-0.4, -0.2) is 17.6 Å². The van der Waals surface area contributed by atoms with E-state index in [0.717, 1.165) is 24.9 Å². The monoisotopic (exact) mass is 194 g/mol. The fourth-order valence-electron chi connectivity index (χ4n) is 2.00. The molecule has 1 aromatic rings. The minimum absolute atomic E-state index is 0.227. The van der Waals surface area contributed by atoms with Crippen LogP contribution in [0.25, 0.3) is 0 Å². The third-order valence-corrected chi connectivity index (χ3v) is 2.83. The molecule has 1 aliphatic rings. The molecule has 0 aliphatic heterocycles. The molecule has 2 rings (SSSR count). The highest BCUT2D eigenvalue weighted by Gasteiger charge is 2.29. The standard InChI is InChI=1S/C11H15FN2/c1-2-14-11-4-8(5-11)9-3-10(12)7-13-6-9/h3,6-8,11,14H,2,4-5H2,1H3. The molecule has 1 heterocycles. The Labute approximate surface area is 83.6 Å². The minimum Gasteiger partial charge on any atom is -0.314 e. The van der Waals surface area contributed by atoms with E-state index in [-0.39, 0.29) is 5.82 Å². The highest BCUT2D eigenvalue weighted by molar-refractivity contribution is 5.19. The van der Waals surface area contributed by atoms with Crippen LogP contribution >= 0.6 is 0 Å². The molecule has 0 aromatic carbocycles. The van der Waals surface area contributed by atoms with Crippen molar-refractivity contribution in [2.24, 2.45) is 0 Å². The zero-order chi connectivity index (χ0) is 9.97. The van der Waals surface area contributed by atoms with Gasteiger partial charge in [-0.25, -0.2) is 4.39 Å². The Bertz CT molecular complexity index is 308. The van der Waals surface area contributed by atoms with Gasteiger partial charge in [0, 0.05) is 12.2 Å². The van der Waals surface area contributed by atoms with Crippen molar-refractivity contribution in [2.45, 2.75) is 31.7 Å². The summed E-state index contributed by atoms with van der Waals surface area (Å²) >= 11 is 0. The van der Waals surface area contributed by atoms with Crippen LogP contribution in [0.4, 0.5) is 4.39 Å². The predicted molar refractivity (Wildman–Crippen MR) is 53.6 cm³/mol. The molecule has 14 heavy (non-hydrogen) atoms. The smallest absolute Gasteiger partial charge is 0.141 e. The average molecular weight is 194 g/mol. The number of hydrogen-bond acceptors (Lipinski definition) is 2. The summed E-state index contributed by atoms with van der Waals surface area (Å²) < 4.78 is 12.9. The Morgan fingerprint density at radius 2 is 2.29 bits per heavy atom. The highest BCUT2D eigenvalue weighted by atomic mass is 19.1. The Balaban J connectivity index is 1.93. The molecule has 0 amide bonds. The van der Waals surface area contributed by atoms with Crippen LogP contribution in [0.3, 0.4) is 0 Å². The summed E-state index contributed by atoms with van der Waals surface area (Å²) in [6.07, 6.45) is 5.25. The van der Waals surface area contributed by atoms with Crippen LogP contribution in [-0.2, 0) is 0 Å². The van der Waals surface area contributed by atoms with E-state index in [1.807, 2.05) is 0 Å². The zero-order valence-electron chi connectivity index (χ0n) is 8.33. The van der Waals surface area contributed by atoms with E-state index in [1.54, 1.807) is 12.3 Å². The number of nitrogens with zero attached hydrogens (tertiary/aromatic N) is 1. The van der Waals surface area contributed by atoms with Gasteiger partial charge in [0.2, 0.25) is 0 Å². The lowest BCUT2D eigenvalue weighted by molar-refractivity contribution is 0.295. The van der Waals surface area contributed by atoms with E-state index < -0.39 is 0 Å². The quantitative estimate of drug-likeness (QED) is 0.796. The second-order valence-electron chi connectivity index (χ2n) is 3.86. The summed E-state index contributed by atoms with van der Waals surface area (Å²) in [5.41, 5.74) is 1.04. The van der Waals surface area contributed by atoms with Crippen molar-refractivity contribution < 1.29 is 4.39 Å². The van der Waals surface area contributed by atoms with E-state index in [4.69, 9.17) is 0 Å². The van der Waals surface area contributed by atoms with E-state index >= 15 is 0 Å². The topological polar surface area (TPSA) is 24.9 Å². The maximum atomic E-state index is 12.9. The van der Waals surface area contributed by atoms with Crippen LogP contribution < -0.4 is 5.32 Å². The van der Waals surface area contributed by atoms with Crippen molar-refractivity contribution in [1.29, 1.82) is 0 Å². The van der Waals surface area contributed by atoms with Gasteiger partial charge in [0.1, 0.15) is 5.82 Å². The lowest BCUT2D eigenvalue weighted by Crippen LogP contribution is -2.39. The highest BCUT2D eigenvalue weighted by Crippen LogP contribution is 2.36. The molecule has 0 saturated heterocycles. The SMILES string of the molecule is CCNC1CC(c2cncc(F)c2)C1. The number of halogens is 1. The van der Waals surface area contributed by atoms with Gasteiger partial charge in [-0.3, -0.25) is 4.98 Å². The normalized spacial score (nSPS) is 25.9. The summed E-state index contributed by atoms with van der Waals surface area (Å²) in [7, 11) is 0. The second kappa shape index (κ2) is 4.05.